The first-order valence-corrected chi connectivity index (χ1v) is 5.40. The molecule has 0 saturated carbocycles. The Labute approximate surface area is 123 Å². The first-order chi connectivity index (χ1) is 7.83. The topological polar surface area (TPSA) is 63.5 Å². The Balaban J connectivity index is -0.000000810. The van der Waals surface area contributed by atoms with Crippen LogP contribution in [0.3, 0.4) is 0 Å². The molecule has 5 nitrogen and oxygen atoms in total. The normalized spacial score (nSPS) is 14.2. The smallest absolute Gasteiger partial charge is 0.271 e. The molecule has 0 unspecified atom stereocenters. The van der Waals surface area contributed by atoms with Crippen LogP contribution in [0.2, 0.25) is 0 Å². The van der Waals surface area contributed by atoms with Crippen LogP contribution in [0.4, 0.5) is 11.4 Å². The van der Waals surface area contributed by atoms with E-state index in [0.29, 0.717) is 12.2 Å². The molecule has 0 aromatic heterocycles. The van der Waals surface area contributed by atoms with Gasteiger partial charge < -0.3 is 4.90 Å². The first-order valence-electron chi connectivity index (χ1n) is 5.40. The van der Waals surface area contributed by atoms with Gasteiger partial charge in [0, 0.05) is 32.4 Å². The minimum atomic E-state index is -0.441. The zero-order valence-corrected chi connectivity index (χ0v) is 10.1. The lowest BCUT2D eigenvalue weighted by atomic mass is 9.87. The molecule has 1 amide bonds. The van der Waals surface area contributed by atoms with Crippen LogP contribution in [0.1, 0.15) is 50.0 Å². The number of nitro benzene ring substituents is 1. The Morgan fingerprint density at radius 1 is 1.35 bits per heavy atom. The molecule has 0 saturated heterocycles. The summed E-state index contributed by atoms with van der Waals surface area (Å²) in [5, 5.41) is 10.7. The van der Waals surface area contributed by atoms with Gasteiger partial charge in [-0.1, -0.05) is 36.1 Å². The van der Waals surface area contributed by atoms with Crippen molar-refractivity contribution in [2.75, 3.05) is 11.4 Å². The monoisotopic (exact) mass is 284 g/mol. The molecule has 0 N–H and O–H groups in total. The zero-order chi connectivity index (χ0) is 12.8. The van der Waals surface area contributed by atoms with E-state index in [1.165, 1.54) is 19.1 Å². The third-order valence-electron chi connectivity index (χ3n) is 3.15. The fraction of sp³-hybridized carbons (Fsp3) is 0.533. The minimum Gasteiger partial charge on any atom is -0.311 e. The van der Waals surface area contributed by atoms with Gasteiger partial charge in [0.1, 0.15) is 0 Å². The lowest BCUT2D eigenvalue weighted by molar-refractivity contribution is -0.384. The second-order valence-corrected chi connectivity index (χ2v) is 4.95. The Morgan fingerprint density at radius 2 is 1.90 bits per heavy atom. The van der Waals surface area contributed by atoms with Gasteiger partial charge in [-0.3, -0.25) is 14.9 Å². The molecule has 0 radical (unpaired) electrons. The second kappa shape index (κ2) is 6.50. The SMILES string of the molecule is C.C.C.CC(=O)N1CC(C)(C)c2ccc([N+](=O)[O-])cc21.[HH]. The summed E-state index contributed by atoms with van der Waals surface area (Å²) in [6.45, 7) is 6.10. The number of carbonyl (C=O) groups is 1. The predicted octanol–water partition coefficient (Wildman–Crippen LogP) is 4.39. The van der Waals surface area contributed by atoms with E-state index in [0.717, 1.165) is 5.56 Å². The van der Waals surface area contributed by atoms with E-state index in [1.807, 2.05) is 13.8 Å². The molecule has 1 aromatic carbocycles. The van der Waals surface area contributed by atoms with Crippen molar-refractivity contribution < 1.29 is 11.1 Å². The molecular weight excluding hydrogens is 256 g/mol. The number of non-ortho nitro benzene ring substituents is 1. The molecule has 1 aliphatic rings. The Hall–Kier alpha value is -1.91. The number of benzene rings is 1. The first kappa shape index (κ1) is 20.4. The molecule has 0 aliphatic carbocycles. The maximum atomic E-state index is 11.5. The summed E-state index contributed by atoms with van der Waals surface area (Å²) < 4.78 is 0. The van der Waals surface area contributed by atoms with Crippen molar-refractivity contribution in [2.45, 2.75) is 48.5 Å². The summed E-state index contributed by atoms with van der Waals surface area (Å²) in [6, 6.07) is 4.71. The molecular formula is C15H28N2O3. The lowest BCUT2D eigenvalue weighted by Gasteiger charge is -2.19. The van der Waals surface area contributed by atoms with Crippen molar-refractivity contribution in [3.8, 4) is 0 Å². The van der Waals surface area contributed by atoms with Gasteiger partial charge in [-0.25, -0.2) is 0 Å². The number of anilines is 1. The van der Waals surface area contributed by atoms with Crippen molar-refractivity contribution in [1.29, 1.82) is 0 Å². The minimum absolute atomic E-state index is 0. The molecule has 0 spiro atoms. The van der Waals surface area contributed by atoms with Crippen LogP contribution in [-0.2, 0) is 10.2 Å². The predicted molar refractivity (Wildman–Crippen MR) is 86.5 cm³/mol. The van der Waals surface area contributed by atoms with Crippen molar-refractivity contribution in [2.24, 2.45) is 0 Å². The summed E-state index contributed by atoms with van der Waals surface area (Å²) in [5.74, 6) is -0.0858. The fourth-order valence-corrected chi connectivity index (χ4v) is 2.28. The average Bonchev–Trinajstić information content (AvgIpc) is 2.50. The molecule has 0 fully saturated rings. The number of amides is 1. The van der Waals surface area contributed by atoms with Crippen LogP contribution in [-0.4, -0.2) is 17.4 Å². The Kier molecular flexibility index (Phi) is 6.63. The van der Waals surface area contributed by atoms with Crippen molar-refractivity contribution >= 4 is 17.3 Å². The van der Waals surface area contributed by atoms with Gasteiger partial charge in [0.05, 0.1) is 10.6 Å². The van der Waals surface area contributed by atoms with E-state index in [9.17, 15) is 14.9 Å². The third kappa shape index (κ3) is 3.15. The van der Waals surface area contributed by atoms with Gasteiger partial charge in [0.15, 0.2) is 0 Å². The van der Waals surface area contributed by atoms with Crippen LogP contribution in [0.25, 0.3) is 0 Å². The second-order valence-electron chi connectivity index (χ2n) is 4.95. The molecule has 1 aliphatic heterocycles. The van der Waals surface area contributed by atoms with Gasteiger partial charge in [-0.15, -0.1) is 0 Å². The van der Waals surface area contributed by atoms with Gasteiger partial charge >= 0.3 is 0 Å². The van der Waals surface area contributed by atoms with Crippen LogP contribution >= 0.6 is 0 Å². The van der Waals surface area contributed by atoms with E-state index in [2.05, 4.69) is 0 Å². The Bertz CT molecular complexity index is 516. The van der Waals surface area contributed by atoms with Crippen LogP contribution in [0.5, 0.6) is 0 Å². The number of hydrogen-bond donors (Lipinski definition) is 0. The van der Waals surface area contributed by atoms with Crippen molar-refractivity contribution in [3.63, 3.8) is 0 Å². The number of nitro groups is 1. The number of fused-ring (bicyclic) bond motifs is 1. The van der Waals surface area contributed by atoms with Gasteiger partial charge in [-0.2, -0.15) is 0 Å². The molecule has 0 bridgehead atoms. The fourth-order valence-electron chi connectivity index (χ4n) is 2.28. The highest BCUT2D eigenvalue weighted by molar-refractivity contribution is 5.95. The van der Waals surface area contributed by atoms with E-state index >= 15 is 0 Å². The summed E-state index contributed by atoms with van der Waals surface area (Å²) in [4.78, 5) is 23.4. The quantitative estimate of drug-likeness (QED) is 0.567. The summed E-state index contributed by atoms with van der Waals surface area (Å²) >= 11 is 0. The highest BCUT2D eigenvalue weighted by Gasteiger charge is 2.37. The van der Waals surface area contributed by atoms with Gasteiger partial charge in [-0.05, 0) is 11.6 Å². The highest BCUT2D eigenvalue weighted by Crippen LogP contribution is 2.42. The summed E-state index contributed by atoms with van der Waals surface area (Å²) in [5.41, 5.74) is 1.51. The van der Waals surface area contributed by atoms with Crippen LogP contribution in [0.15, 0.2) is 18.2 Å². The largest absolute Gasteiger partial charge is 0.311 e. The van der Waals surface area contributed by atoms with Gasteiger partial charge in [0.2, 0.25) is 5.91 Å². The number of carbonyl (C=O) groups excluding carboxylic acids is 1. The number of rotatable bonds is 1. The molecule has 5 heteroatoms. The van der Waals surface area contributed by atoms with Crippen molar-refractivity contribution in [3.05, 3.63) is 33.9 Å². The number of nitrogens with zero attached hydrogens (tertiary/aromatic N) is 2. The van der Waals surface area contributed by atoms with Gasteiger partial charge in [0.25, 0.3) is 5.69 Å². The highest BCUT2D eigenvalue weighted by atomic mass is 16.6. The maximum absolute atomic E-state index is 11.5. The molecule has 116 valence electrons. The summed E-state index contributed by atoms with van der Waals surface area (Å²) in [7, 11) is 0. The lowest BCUT2D eigenvalue weighted by Crippen LogP contribution is -2.31. The van der Waals surface area contributed by atoms with E-state index in [-0.39, 0.29) is 40.7 Å². The van der Waals surface area contributed by atoms with E-state index in [1.54, 1.807) is 11.0 Å². The molecule has 1 aromatic rings. The average molecular weight is 284 g/mol. The zero-order valence-electron chi connectivity index (χ0n) is 10.1. The number of hydrogen-bond acceptors (Lipinski definition) is 3. The third-order valence-corrected chi connectivity index (χ3v) is 3.15. The molecule has 1 heterocycles. The van der Waals surface area contributed by atoms with E-state index in [4.69, 9.17) is 0 Å². The van der Waals surface area contributed by atoms with Crippen LogP contribution in [0, 0.1) is 10.1 Å². The molecule has 0 atom stereocenters. The molecule has 20 heavy (non-hydrogen) atoms. The summed E-state index contributed by atoms with van der Waals surface area (Å²) in [6.07, 6.45) is 0. The standard InChI is InChI=1S/C12H14N2O3.3CH4.H2/c1-8(15)13-7-12(2,3)10-5-4-9(14(16)17)6-11(10)13;;;;/h4-6H,7H2,1-3H3;3*1H4;1H. The van der Waals surface area contributed by atoms with E-state index < -0.39 is 4.92 Å². The maximum Gasteiger partial charge on any atom is 0.271 e. The van der Waals surface area contributed by atoms with Crippen molar-refractivity contribution in [1.82, 2.24) is 0 Å². The van der Waals surface area contributed by atoms with Crippen LogP contribution < -0.4 is 4.90 Å². The molecule has 2 rings (SSSR count). The Morgan fingerprint density at radius 3 is 2.35 bits per heavy atom.